The molecular weight excluding hydrogens is 382 g/mol. The summed E-state index contributed by atoms with van der Waals surface area (Å²) in [6, 6.07) is 16.3. The van der Waals surface area contributed by atoms with E-state index in [1.54, 1.807) is 17.9 Å². The molecule has 0 saturated carbocycles. The van der Waals surface area contributed by atoms with Gasteiger partial charge in [-0.15, -0.1) is 0 Å². The van der Waals surface area contributed by atoms with Crippen LogP contribution in [0.5, 0.6) is 0 Å². The summed E-state index contributed by atoms with van der Waals surface area (Å²) in [5, 5.41) is 13.7. The molecule has 3 aromatic rings. The van der Waals surface area contributed by atoms with Crippen LogP contribution in [0.4, 0.5) is 10.5 Å². The van der Waals surface area contributed by atoms with Gasteiger partial charge in [-0.1, -0.05) is 48.5 Å². The molecule has 0 radical (unpaired) electrons. The van der Waals surface area contributed by atoms with E-state index in [-0.39, 0.29) is 19.1 Å². The summed E-state index contributed by atoms with van der Waals surface area (Å²) < 4.78 is 7.35. The van der Waals surface area contributed by atoms with Gasteiger partial charge in [-0.3, -0.25) is 14.4 Å². The van der Waals surface area contributed by atoms with E-state index in [4.69, 9.17) is 4.74 Å². The van der Waals surface area contributed by atoms with Crippen molar-refractivity contribution in [3.05, 3.63) is 71.5 Å². The molecule has 0 bridgehead atoms. The maximum absolute atomic E-state index is 13.0. The highest BCUT2D eigenvalue weighted by Crippen LogP contribution is 2.44. The second kappa shape index (κ2) is 7.02. The number of aryl methyl sites for hydroxylation is 1. The van der Waals surface area contributed by atoms with Crippen molar-refractivity contribution in [2.45, 2.75) is 12.3 Å². The second-order valence-corrected chi connectivity index (χ2v) is 7.75. The fraction of sp³-hybridized carbons (Fsp3) is 0.261. The number of aromatic nitrogens is 2. The Balaban J connectivity index is 1.40. The Morgan fingerprint density at radius 3 is 2.37 bits per heavy atom. The van der Waals surface area contributed by atoms with Crippen molar-refractivity contribution in [3.8, 4) is 11.1 Å². The quantitative estimate of drug-likeness (QED) is 0.724. The number of benzene rings is 2. The van der Waals surface area contributed by atoms with Crippen LogP contribution in [0.3, 0.4) is 0 Å². The molecule has 2 heterocycles. The minimum atomic E-state index is -0.932. The lowest BCUT2D eigenvalue weighted by Crippen LogP contribution is -2.43. The van der Waals surface area contributed by atoms with Gasteiger partial charge in [0, 0.05) is 25.9 Å². The molecule has 1 unspecified atom stereocenters. The molecule has 7 heteroatoms. The van der Waals surface area contributed by atoms with E-state index < -0.39 is 18.0 Å². The third-order valence-corrected chi connectivity index (χ3v) is 6.08. The van der Waals surface area contributed by atoms with E-state index in [2.05, 4.69) is 29.4 Å². The van der Waals surface area contributed by atoms with E-state index in [9.17, 15) is 14.7 Å². The molecule has 152 valence electrons. The average molecular weight is 403 g/mol. The molecule has 1 amide bonds. The topological polar surface area (TPSA) is 84.7 Å². The van der Waals surface area contributed by atoms with Crippen molar-refractivity contribution in [2.75, 3.05) is 18.1 Å². The van der Waals surface area contributed by atoms with Gasteiger partial charge in [-0.05, 0) is 22.3 Å². The van der Waals surface area contributed by atoms with Gasteiger partial charge in [0.1, 0.15) is 6.61 Å². The zero-order valence-corrected chi connectivity index (χ0v) is 16.5. The highest BCUT2D eigenvalue weighted by molar-refractivity contribution is 5.90. The van der Waals surface area contributed by atoms with E-state index >= 15 is 0 Å². The number of anilines is 1. The number of carbonyl (C=O) groups is 2. The molecule has 0 saturated heterocycles. The number of fused-ring (bicyclic) bond motifs is 4. The van der Waals surface area contributed by atoms with E-state index in [1.807, 2.05) is 24.3 Å². The molecule has 1 aromatic heterocycles. The van der Waals surface area contributed by atoms with Gasteiger partial charge in [0.2, 0.25) is 0 Å². The first kappa shape index (κ1) is 18.4. The maximum Gasteiger partial charge on any atom is 0.414 e. The van der Waals surface area contributed by atoms with Crippen LogP contribution in [0.2, 0.25) is 0 Å². The molecular formula is C23H21N3O4. The highest BCUT2D eigenvalue weighted by Gasteiger charge is 2.36. The number of carbonyl (C=O) groups excluding carboxylic acids is 1. The summed E-state index contributed by atoms with van der Waals surface area (Å²) in [7, 11) is 1.75. The standard InChI is InChI=1S/C23H21N3O4/c1-25-20-10-14(22(27)28)12-26(21(20)11-24-25)23(29)30-13-19-17-8-4-2-6-15(17)16-7-3-5-9-18(16)19/h2-9,11,14,19H,10,12-13H2,1H3,(H,27,28). The molecule has 2 aliphatic rings. The van der Waals surface area contributed by atoms with Gasteiger partial charge in [0.05, 0.1) is 23.5 Å². The molecule has 7 nitrogen and oxygen atoms in total. The van der Waals surface area contributed by atoms with Crippen LogP contribution in [-0.2, 0) is 23.0 Å². The van der Waals surface area contributed by atoms with Crippen molar-refractivity contribution >= 4 is 17.7 Å². The van der Waals surface area contributed by atoms with Gasteiger partial charge in [-0.2, -0.15) is 5.10 Å². The zero-order chi connectivity index (χ0) is 20.8. The summed E-state index contributed by atoms with van der Waals surface area (Å²) >= 11 is 0. The van der Waals surface area contributed by atoms with Crippen LogP contribution >= 0.6 is 0 Å². The second-order valence-electron chi connectivity index (χ2n) is 7.75. The number of hydrogen-bond donors (Lipinski definition) is 1. The van der Waals surface area contributed by atoms with Gasteiger partial charge < -0.3 is 9.84 Å². The molecule has 0 fully saturated rings. The first-order valence-electron chi connectivity index (χ1n) is 9.90. The Hall–Kier alpha value is -3.61. The fourth-order valence-electron chi connectivity index (χ4n) is 4.54. The molecule has 1 aliphatic carbocycles. The monoisotopic (exact) mass is 403 g/mol. The van der Waals surface area contributed by atoms with Crippen LogP contribution in [0, 0.1) is 5.92 Å². The number of rotatable bonds is 3. The maximum atomic E-state index is 13.0. The van der Waals surface area contributed by atoms with Gasteiger partial charge in [0.25, 0.3) is 0 Å². The highest BCUT2D eigenvalue weighted by atomic mass is 16.6. The summed E-state index contributed by atoms with van der Waals surface area (Å²) in [6.45, 7) is 0.265. The van der Waals surface area contributed by atoms with Crippen LogP contribution in [-0.4, -0.2) is 40.1 Å². The lowest BCUT2D eigenvalue weighted by atomic mass is 9.97. The van der Waals surface area contributed by atoms with Crippen molar-refractivity contribution in [1.29, 1.82) is 0 Å². The molecule has 0 spiro atoms. The molecule has 2 aromatic carbocycles. The molecule has 30 heavy (non-hydrogen) atoms. The third-order valence-electron chi connectivity index (χ3n) is 6.08. The van der Waals surface area contributed by atoms with Crippen molar-refractivity contribution < 1.29 is 19.4 Å². The predicted molar refractivity (Wildman–Crippen MR) is 110 cm³/mol. The number of aliphatic carboxylic acids is 1. The van der Waals surface area contributed by atoms with Crippen molar-refractivity contribution in [1.82, 2.24) is 9.78 Å². The number of hydrogen-bond acceptors (Lipinski definition) is 4. The zero-order valence-electron chi connectivity index (χ0n) is 16.5. The van der Waals surface area contributed by atoms with Gasteiger partial charge in [0.15, 0.2) is 0 Å². The Labute approximate surface area is 173 Å². The van der Waals surface area contributed by atoms with Crippen LogP contribution < -0.4 is 4.90 Å². The van der Waals surface area contributed by atoms with Crippen molar-refractivity contribution in [2.24, 2.45) is 13.0 Å². The Bertz CT molecular complexity index is 1110. The molecule has 1 aliphatic heterocycles. The first-order chi connectivity index (χ1) is 14.5. The van der Waals surface area contributed by atoms with E-state index in [0.717, 1.165) is 27.9 Å². The normalized spacial score (nSPS) is 17.2. The van der Waals surface area contributed by atoms with Gasteiger partial charge in [-0.25, -0.2) is 4.79 Å². The number of nitrogens with zero attached hydrogens (tertiary/aromatic N) is 3. The summed E-state index contributed by atoms with van der Waals surface area (Å²) in [4.78, 5) is 26.0. The fourth-order valence-corrected chi connectivity index (χ4v) is 4.54. The molecule has 1 N–H and O–H groups in total. The predicted octanol–water partition coefficient (Wildman–Crippen LogP) is 3.43. The van der Waals surface area contributed by atoms with Crippen molar-refractivity contribution in [3.63, 3.8) is 0 Å². The number of carboxylic acid groups (broad SMARTS) is 1. The minimum absolute atomic E-state index is 0.0465. The SMILES string of the molecule is Cn1ncc2c1CC(C(=O)O)CN2C(=O)OCC1c2ccccc2-c2ccccc21. The number of ether oxygens (including phenoxy) is 1. The van der Waals surface area contributed by atoms with Crippen LogP contribution in [0.1, 0.15) is 22.7 Å². The number of carboxylic acids is 1. The third kappa shape index (κ3) is 2.85. The van der Waals surface area contributed by atoms with E-state index in [0.29, 0.717) is 12.1 Å². The Morgan fingerprint density at radius 1 is 1.10 bits per heavy atom. The van der Waals surface area contributed by atoms with E-state index in [1.165, 1.54) is 4.90 Å². The Morgan fingerprint density at radius 2 is 1.73 bits per heavy atom. The summed E-state index contributed by atoms with van der Waals surface area (Å²) in [6.07, 6.45) is 1.39. The summed E-state index contributed by atoms with van der Waals surface area (Å²) in [5.74, 6) is -1.67. The smallest absolute Gasteiger partial charge is 0.414 e. The van der Waals surface area contributed by atoms with Gasteiger partial charge >= 0.3 is 12.1 Å². The first-order valence-corrected chi connectivity index (χ1v) is 9.90. The Kier molecular flexibility index (Phi) is 4.31. The summed E-state index contributed by atoms with van der Waals surface area (Å²) in [5.41, 5.74) is 5.93. The average Bonchev–Trinajstić information content (AvgIpc) is 3.29. The lowest BCUT2D eigenvalue weighted by Gasteiger charge is -2.30. The molecule has 1 atom stereocenters. The van der Waals surface area contributed by atoms with Crippen LogP contribution in [0.15, 0.2) is 54.7 Å². The largest absolute Gasteiger partial charge is 0.481 e. The lowest BCUT2D eigenvalue weighted by molar-refractivity contribution is -0.141. The number of amides is 1. The van der Waals surface area contributed by atoms with Crippen LogP contribution in [0.25, 0.3) is 11.1 Å². The minimum Gasteiger partial charge on any atom is -0.481 e. The molecule has 5 rings (SSSR count).